The Morgan fingerprint density at radius 2 is 1.52 bits per heavy atom. The van der Waals surface area contributed by atoms with Gasteiger partial charge >= 0.3 is 6.03 Å². The van der Waals surface area contributed by atoms with Crippen LogP contribution in [0.5, 0.6) is 0 Å². The molecular weight excluding hydrogens is 434 g/mol. The third kappa shape index (κ3) is 5.38. The summed E-state index contributed by atoms with van der Waals surface area (Å²) in [4.78, 5) is 31.1. The molecule has 0 aliphatic carbocycles. The molecule has 1 unspecified atom stereocenters. The van der Waals surface area contributed by atoms with Crippen LogP contribution in [0.4, 0.5) is 16.4 Å². The van der Waals surface area contributed by atoms with Crippen LogP contribution in [0.15, 0.2) is 48.1 Å². The Morgan fingerprint density at radius 3 is 2.24 bits per heavy atom. The number of nitrogens with one attached hydrogen (secondary N) is 2. The van der Waals surface area contributed by atoms with E-state index >= 15 is 0 Å². The second-order valence-corrected chi connectivity index (χ2v) is 9.37. The molecular formula is C24H29N7OS. The van der Waals surface area contributed by atoms with Gasteiger partial charge in [-0.15, -0.1) is 11.3 Å². The van der Waals surface area contributed by atoms with Crippen molar-refractivity contribution in [2.24, 2.45) is 0 Å². The second kappa shape index (κ2) is 10.4. The molecule has 0 aromatic carbocycles. The van der Waals surface area contributed by atoms with Crippen molar-refractivity contribution in [3.05, 3.63) is 53.8 Å². The molecule has 8 nitrogen and oxygen atoms in total. The standard InChI is InChI=1S/C24H29N7OS/c32-24(29-21-17-33-22(27-21)18-9-11-25-12-10-18)28-20-8-6-7-19(26-20)23(31-15-4-5-16-31)30-13-2-1-3-14-30/h6-12,17,23H,1-5,13-16H2,(H2,26,28,29,32). The molecule has 2 N–H and O–H groups in total. The van der Waals surface area contributed by atoms with Crippen molar-refractivity contribution in [3.8, 4) is 10.6 Å². The van der Waals surface area contributed by atoms with Crippen molar-refractivity contribution in [1.82, 2.24) is 24.8 Å². The molecule has 3 aromatic heterocycles. The van der Waals surface area contributed by atoms with Crippen LogP contribution in [0, 0.1) is 0 Å². The molecule has 2 aliphatic heterocycles. The lowest BCUT2D eigenvalue weighted by Crippen LogP contribution is -2.43. The molecule has 5 heterocycles. The molecule has 5 rings (SSSR count). The molecule has 0 saturated carbocycles. The molecule has 2 saturated heterocycles. The molecule has 172 valence electrons. The van der Waals surface area contributed by atoms with Gasteiger partial charge in [-0.25, -0.2) is 14.8 Å². The predicted molar refractivity (Wildman–Crippen MR) is 131 cm³/mol. The number of piperidine rings is 1. The highest BCUT2D eigenvalue weighted by Gasteiger charge is 2.31. The zero-order chi connectivity index (χ0) is 22.5. The number of hydrogen-bond acceptors (Lipinski definition) is 7. The normalized spacial score (nSPS) is 18.2. The maximum Gasteiger partial charge on any atom is 0.326 e. The Labute approximate surface area is 198 Å². The van der Waals surface area contributed by atoms with Crippen LogP contribution in [0.25, 0.3) is 10.6 Å². The first-order valence-corrected chi connectivity index (χ1v) is 12.5. The number of aromatic nitrogens is 3. The fourth-order valence-corrected chi connectivity index (χ4v) is 5.40. The Balaban J connectivity index is 1.27. The van der Waals surface area contributed by atoms with Crippen molar-refractivity contribution >= 4 is 29.0 Å². The Bertz CT molecular complexity index is 1060. The summed E-state index contributed by atoms with van der Waals surface area (Å²) < 4.78 is 0. The minimum absolute atomic E-state index is 0.180. The molecule has 1 atom stereocenters. The van der Waals surface area contributed by atoms with Gasteiger partial charge in [-0.1, -0.05) is 12.5 Å². The van der Waals surface area contributed by atoms with Gasteiger partial charge in [0.15, 0.2) is 0 Å². The maximum atomic E-state index is 12.6. The monoisotopic (exact) mass is 463 g/mol. The first-order chi connectivity index (χ1) is 16.3. The number of anilines is 2. The first-order valence-electron chi connectivity index (χ1n) is 11.7. The van der Waals surface area contributed by atoms with Gasteiger partial charge in [-0.3, -0.25) is 25.4 Å². The molecule has 2 fully saturated rings. The van der Waals surface area contributed by atoms with E-state index in [-0.39, 0.29) is 12.2 Å². The highest BCUT2D eigenvalue weighted by Crippen LogP contribution is 2.30. The summed E-state index contributed by atoms with van der Waals surface area (Å²) in [6, 6.07) is 9.36. The van der Waals surface area contributed by atoms with Crippen molar-refractivity contribution in [2.75, 3.05) is 36.8 Å². The van der Waals surface area contributed by atoms with Gasteiger partial charge in [0.25, 0.3) is 0 Å². The molecule has 9 heteroatoms. The van der Waals surface area contributed by atoms with Crippen LogP contribution in [-0.2, 0) is 0 Å². The van der Waals surface area contributed by atoms with Crippen LogP contribution >= 0.6 is 11.3 Å². The van der Waals surface area contributed by atoms with E-state index in [2.05, 4.69) is 36.5 Å². The number of nitrogens with zero attached hydrogens (tertiary/aromatic N) is 5. The van der Waals surface area contributed by atoms with E-state index in [9.17, 15) is 4.79 Å². The van der Waals surface area contributed by atoms with Crippen LogP contribution in [-0.4, -0.2) is 57.0 Å². The fraction of sp³-hybridized carbons (Fsp3) is 0.417. The van der Waals surface area contributed by atoms with Gasteiger partial charge in [0.05, 0.1) is 5.69 Å². The zero-order valence-electron chi connectivity index (χ0n) is 18.6. The summed E-state index contributed by atoms with van der Waals surface area (Å²) in [7, 11) is 0. The van der Waals surface area contributed by atoms with Gasteiger partial charge in [0.1, 0.15) is 22.8 Å². The minimum Gasteiger partial charge on any atom is -0.292 e. The Hall–Kier alpha value is -2.88. The van der Waals surface area contributed by atoms with E-state index in [4.69, 9.17) is 4.98 Å². The number of carbonyl (C=O) groups excluding carboxylic acids is 1. The first kappa shape index (κ1) is 21.9. The zero-order valence-corrected chi connectivity index (χ0v) is 19.4. The van der Waals surface area contributed by atoms with Gasteiger partial charge in [0.2, 0.25) is 0 Å². The topological polar surface area (TPSA) is 86.3 Å². The number of pyridine rings is 2. The maximum absolute atomic E-state index is 12.6. The molecule has 33 heavy (non-hydrogen) atoms. The SMILES string of the molecule is O=C(Nc1cccc(C(N2CCCCC2)N2CCCC2)n1)Nc1csc(-c2ccncc2)n1. The van der Waals surface area contributed by atoms with Crippen LogP contribution in [0.3, 0.4) is 0 Å². The average Bonchev–Trinajstić information content (AvgIpc) is 3.54. The van der Waals surface area contributed by atoms with E-state index in [1.54, 1.807) is 12.4 Å². The fourth-order valence-electron chi connectivity index (χ4n) is 4.64. The van der Waals surface area contributed by atoms with Crippen LogP contribution in [0.2, 0.25) is 0 Å². The van der Waals surface area contributed by atoms with Gasteiger partial charge in [0, 0.05) is 36.4 Å². The van der Waals surface area contributed by atoms with Crippen molar-refractivity contribution in [2.45, 2.75) is 38.3 Å². The summed E-state index contributed by atoms with van der Waals surface area (Å²) in [5.74, 6) is 1.07. The van der Waals surface area contributed by atoms with Crippen molar-refractivity contribution in [1.29, 1.82) is 0 Å². The summed E-state index contributed by atoms with van der Waals surface area (Å²) in [6.45, 7) is 4.41. The number of urea groups is 1. The largest absolute Gasteiger partial charge is 0.326 e. The van der Waals surface area contributed by atoms with E-state index in [0.29, 0.717) is 11.6 Å². The van der Waals surface area contributed by atoms with Crippen molar-refractivity contribution in [3.63, 3.8) is 0 Å². The molecule has 0 bridgehead atoms. The summed E-state index contributed by atoms with van der Waals surface area (Å²) >= 11 is 1.48. The summed E-state index contributed by atoms with van der Waals surface area (Å²) in [5.41, 5.74) is 1.98. The Kier molecular flexibility index (Phi) is 6.89. The lowest BCUT2D eigenvalue weighted by Gasteiger charge is -2.39. The number of hydrogen-bond donors (Lipinski definition) is 2. The van der Waals surface area contributed by atoms with E-state index in [1.807, 2.05) is 29.6 Å². The number of thiazole rings is 1. The highest BCUT2D eigenvalue weighted by atomic mass is 32.1. The van der Waals surface area contributed by atoms with Crippen LogP contribution < -0.4 is 10.6 Å². The number of rotatable bonds is 6. The predicted octanol–water partition coefficient (Wildman–Crippen LogP) is 4.82. The van der Waals surface area contributed by atoms with Gasteiger partial charge in [-0.05, 0) is 63.0 Å². The smallest absolute Gasteiger partial charge is 0.292 e. The highest BCUT2D eigenvalue weighted by molar-refractivity contribution is 7.13. The third-order valence-corrected chi connectivity index (χ3v) is 7.06. The molecule has 2 aliphatic rings. The summed E-state index contributed by atoms with van der Waals surface area (Å²) in [6.07, 6.45) is 9.89. The van der Waals surface area contributed by atoms with Crippen molar-refractivity contribution < 1.29 is 4.79 Å². The molecule has 3 aromatic rings. The van der Waals surface area contributed by atoms with E-state index in [0.717, 1.165) is 42.4 Å². The van der Waals surface area contributed by atoms with E-state index < -0.39 is 0 Å². The van der Waals surface area contributed by atoms with E-state index in [1.165, 1.54) is 43.4 Å². The lowest BCUT2D eigenvalue weighted by molar-refractivity contribution is 0.0403. The second-order valence-electron chi connectivity index (χ2n) is 8.51. The number of likely N-dealkylation sites (tertiary alicyclic amines) is 2. The quantitative estimate of drug-likeness (QED) is 0.545. The van der Waals surface area contributed by atoms with Crippen LogP contribution in [0.1, 0.15) is 44.0 Å². The molecule has 0 radical (unpaired) electrons. The summed E-state index contributed by atoms with van der Waals surface area (Å²) in [5, 5.41) is 8.37. The van der Waals surface area contributed by atoms with Gasteiger partial charge < -0.3 is 0 Å². The average molecular weight is 464 g/mol. The lowest BCUT2D eigenvalue weighted by atomic mass is 10.1. The minimum atomic E-state index is -0.345. The molecule has 0 spiro atoms. The molecule has 2 amide bonds. The third-order valence-electron chi connectivity index (χ3n) is 6.17. The van der Waals surface area contributed by atoms with Gasteiger partial charge in [-0.2, -0.15) is 0 Å². The number of carbonyl (C=O) groups is 1. The number of amides is 2. The Morgan fingerprint density at radius 1 is 0.848 bits per heavy atom.